The smallest absolute Gasteiger partial charge is 0.222 e. The minimum atomic E-state index is -0.258. The molecule has 1 atom stereocenters. The number of hydrogen-bond acceptors (Lipinski definition) is 2. The molecule has 0 fully saturated rings. The Morgan fingerprint density at radius 3 is 2.47 bits per heavy atom. The van der Waals surface area contributed by atoms with Gasteiger partial charge in [-0.3, -0.25) is 4.79 Å². The first-order chi connectivity index (χ1) is 9.06. The number of unbranched alkanes of at least 4 members (excludes halogenated alkanes) is 2. The van der Waals surface area contributed by atoms with E-state index in [1.54, 1.807) is 24.1 Å². The second kappa shape index (κ2) is 7.89. The van der Waals surface area contributed by atoms with Crippen LogP contribution in [0.25, 0.3) is 0 Å². The first kappa shape index (κ1) is 15.6. The summed E-state index contributed by atoms with van der Waals surface area (Å²) in [6.45, 7) is 2.63. The van der Waals surface area contributed by atoms with Crippen molar-refractivity contribution in [2.24, 2.45) is 5.73 Å². The molecule has 0 spiro atoms. The molecule has 1 unspecified atom stereocenters. The summed E-state index contributed by atoms with van der Waals surface area (Å²) in [5.41, 5.74) is 6.36. The molecule has 106 valence electrons. The molecule has 0 bridgehead atoms. The summed E-state index contributed by atoms with van der Waals surface area (Å²) in [5, 5.41) is 0. The van der Waals surface area contributed by atoms with E-state index < -0.39 is 0 Å². The van der Waals surface area contributed by atoms with Gasteiger partial charge in [0.2, 0.25) is 5.91 Å². The van der Waals surface area contributed by atoms with Crippen LogP contribution in [-0.4, -0.2) is 24.4 Å². The van der Waals surface area contributed by atoms with Gasteiger partial charge in [-0.15, -0.1) is 0 Å². The van der Waals surface area contributed by atoms with Gasteiger partial charge in [0.15, 0.2) is 0 Å². The number of halogens is 1. The quantitative estimate of drug-likeness (QED) is 0.771. The van der Waals surface area contributed by atoms with Crippen molar-refractivity contribution in [3.05, 3.63) is 35.6 Å². The molecule has 1 aromatic rings. The Morgan fingerprint density at radius 2 is 1.89 bits per heavy atom. The molecule has 0 aromatic heterocycles. The third kappa shape index (κ3) is 4.99. The molecule has 19 heavy (non-hydrogen) atoms. The maximum atomic E-state index is 12.9. The van der Waals surface area contributed by atoms with Crippen LogP contribution in [0.4, 0.5) is 4.39 Å². The molecular weight excluding hydrogens is 243 g/mol. The van der Waals surface area contributed by atoms with Crippen molar-refractivity contribution in [1.29, 1.82) is 0 Å². The lowest BCUT2D eigenvalue weighted by Gasteiger charge is -2.25. The number of rotatable bonds is 7. The summed E-state index contributed by atoms with van der Waals surface area (Å²) in [6.07, 6.45) is 3.37. The minimum Gasteiger partial charge on any atom is -0.339 e. The van der Waals surface area contributed by atoms with Crippen molar-refractivity contribution in [1.82, 2.24) is 4.90 Å². The minimum absolute atomic E-state index is 0.0393. The van der Waals surface area contributed by atoms with E-state index in [0.717, 1.165) is 24.8 Å². The summed E-state index contributed by atoms with van der Waals surface area (Å²) in [4.78, 5) is 13.7. The highest BCUT2D eigenvalue weighted by atomic mass is 19.1. The van der Waals surface area contributed by atoms with Crippen LogP contribution in [0.15, 0.2) is 24.3 Å². The summed E-state index contributed by atoms with van der Waals surface area (Å²) >= 11 is 0. The fourth-order valence-electron chi connectivity index (χ4n) is 1.95. The summed E-state index contributed by atoms with van der Waals surface area (Å²) in [6, 6.07) is 6.25. The van der Waals surface area contributed by atoms with Crippen LogP contribution in [0.3, 0.4) is 0 Å². The molecule has 0 saturated carbocycles. The third-order valence-corrected chi connectivity index (χ3v) is 3.42. The van der Waals surface area contributed by atoms with E-state index in [9.17, 15) is 9.18 Å². The predicted octanol–water partition coefficient (Wildman–Crippen LogP) is 2.86. The molecule has 3 nitrogen and oxygen atoms in total. The van der Waals surface area contributed by atoms with Crippen LogP contribution < -0.4 is 5.73 Å². The van der Waals surface area contributed by atoms with Gasteiger partial charge < -0.3 is 10.6 Å². The van der Waals surface area contributed by atoms with Crippen LogP contribution in [-0.2, 0) is 4.79 Å². The average molecular weight is 266 g/mol. The number of hydrogen-bond donors (Lipinski definition) is 1. The number of nitrogens with two attached hydrogens (primary N) is 1. The molecule has 2 N–H and O–H groups in total. The molecule has 1 amide bonds. The van der Waals surface area contributed by atoms with Crippen LogP contribution in [0.1, 0.15) is 44.2 Å². The van der Waals surface area contributed by atoms with Crippen LogP contribution in [0, 0.1) is 5.82 Å². The monoisotopic (exact) mass is 266 g/mol. The van der Waals surface area contributed by atoms with Crippen molar-refractivity contribution in [3.63, 3.8) is 0 Å². The molecule has 0 heterocycles. The fraction of sp³-hybridized carbons (Fsp3) is 0.533. The van der Waals surface area contributed by atoms with Gasteiger partial charge >= 0.3 is 0 Å². The lowest BCUT2D eigenvalue weighted by molar-refractivity contribution is -0.131. The second-order valence-electron chi connectivity index (χ2n) is 4.83. The zero-order valence-corrected chi connectivity index (χ0v) is 11.7. The van der Waals surface area contributed by atoms with Crippen molar-refractivity contribution in [2.75, 3.05) is 13.6 Å². The van der Waals surface area contributed by atoms with Gasteiger partial charge in [-0.1, -0.05) is 18.6 Å². The zero-order valence-electron chi connectivity index (χ0n) is 11.7. The van der Waals surface area contributed by atoms with Gasteiger partial charge in [-0.25, -0.2) is 4.39 Å². The Labute approximate surface area is 114 Å². The van der Waals surface area contributed by atoms with Crippen molar-refractivity contribution in [2.45, 2.75) is 38.6 Å². The van der Waals surface area contributed by atoms with E-state index in [1.165, 1.54) is 12.1 Å². The molecule has 4 heteroatoms. The van der Waals surface area contributed by atoms with Gasteiger partial charge in [0.25, 0.3) is 0 Å². The fourth-order valence-corrected chi connectivity index (χ4v) is 1.95. The van der Waals surface area contributed by atoms with E-state index >= 15 is 0 Å². The Balaban J connectivity index is 2.49. The van der Waals surface area contributed by atoms with Crippen LogP contribution in [0.5, 0.6) is 0 Å². The maximum Gasteiger partial charge on any atom is 0.222 e. The molecule has 0 saturated heterocycles. The number of nitrogens with zero attached hydrogens (tertiary/aromatic N) is 1. The van der Waals surface area contributed by atoms with Crippen LogP contribution >= 0.6 is 0 Å². The highest BCUT2D eigenvalue weighted by Gasteiger charge is 2.16. The number of carbonyl (C=O) groups excluding carboxylic acids is 1. The normalized spacial score (nSPS) is 12.2. The van der Waals surface area contributed by atoms with E-state index in [1.807, 2.05) is 6.92 Å². The zero-order chi connectivity index (χ0) is 14.3. The van der Waals surface area contributed by atoms with Gasteiger partial charge in [-0.05, 0) is 44.0 Å². The third-order valence-electron chi connectivity index (χ3n) is 3.42. The Bertz CT molecular complexity index is 392. The summed E-state index contributed by atoms with van der Waals surface area (Å²) in [7, 11) is 1.79. The molecule has 0 aliphatic carbocycles. The van der Waals surface area contributed by atoms with Crippen molar-refractivity contribution in [3.8, 4) is 0 Å². The first-order valence-electron chi connectivity index (χ1n) is 6.77. The van der Waals surface area contributed by atoms with E-state index in [0.29, 0.717) is 13.0 Å². The number of amides is 1. The maximum absolute atomic E-state index is 12.9. The van der Waals surface area contributed by atoms with Gasteiger partial charge in [0.1, 0.15) is 5.82 Å². The van der Waals surface area contributed by atoms with E-state index in [-0.39, 0.29) is 17.8 Å². The van der Waals surface area contributed by atoms with Crippen LogP contribution in [0.2, 0.25) is 0 Å². The van der Waals surface area contributed by atoms with Gasteiger partial charge in [0.05, 0.1) is 6.04 Å². The topological polar surface area (TPSA) is 46.3 Å². The molecular formula is C15H23FN2O. The lowest BCUT2D eigenvalue weighted by atomic mass is 10.1. The SMILES string of the molecule is CC(c1ccc(F)cc1)N(C)C(=O)CCCCCN. The van der Waals surface area contributed by atoms with Gasteiger partial charge in [-0.2, -0.15) is 0 Å². The molecule has 1 aromatic carbocycles. The van der Waals surface area contributed by atoms with Crippen molar-refractivity contribution < 1.29 is 9.18 Å². The van der Waals surface area contributed by atoms with E-state index in [4.69, 9.17) is 5.73 Å². The predicted molar refractivity (Wildman–Crippen MR) is 75.1 cm³/mol. The molecule has 0 radical (unpaired) electrons. The highest BCUT2D eigenvalue weighted by molar-refractivity contribution is 5.76. The van der Waals surface area contributed by atoms with Gasteiger partial charge in [0, 0.05) is 13.5 Å². The second-order valence-corrected chi connectivity index (χ2v) is 4.83. The molecule has 0 aliphatic rings. The Morgan fingerprint density at radius 1 is 1.26 bits per heavy atom. The lowest BCUT2D eigenvalue weighted by Crippen LogP contribution is -2.29. The van der Waals surface area contributed by atoms with Crippen molar-refractivity contribution >= 4 is 5.91 Å². The largest absolute Gasteiger partial charge is 0.339 e. The van der Waals surface area contributed by atoms with E-state index in [2.05, 4.69) is 0 Å². The number of carbonyl (C=O) groups is 1. The molecule has 0 aliphatic heterocycles. The highest BCUT2D eigenvalue weighted by Crippen LogP contribution is 2.20. The Kier molecular flexibility index (Phi) is 6.50. The Hall–Kier alpha value is -1.42. The number of benzene rings is 1. The average Bonchev–Trinajstić information content (AvgIpc) is 2.42. The summed E-state index contributed by atoms with van der Waals surface area (Å²) in [5.74, 6) is -0.138. The summed E-state index contributed by atoms with van der Waals surface area (Å²) < 4.78 is 12.9. The standard InChI is InChI=1S/C15H23FN2O/c1-12(13-7-9-14(16)10-8-13)18(2)15(19)6-4-3-5-11-17/h7-10,12H,3-6,11,17H2,1-2H3. The first-order valence-corrected chi connectivity index (χ1v) is 6.77. The molecule has 1 rings (SSSR count).